The maximum atomic E-state index is 3.79. The maximum Gasteiger partial charge on any atom is 0.0100 e. The largest absolute Gasteiger partial charge is 0.314 e. The molecule has 0 radical (unpaired) electrons. The van der Waals surface area contributed by atoms with E-state index in [0.717, 1.165) is 12.5 Å². The van der Waals surface area contributed by atoms with Crippen LogP contribution in [-0.2, 0) is 6.42 Å². The van der Waals surface area contributed by atoms with Gasteiger partial charge in [-0.05, 0) is 55.5 Å². The highest BCUT2D eigenvalue weighted by Crippen LogP contribution is 2.43. The van der Waals surface area contributed by atoms with Crippen LogP contribution >= 0.6 is 0 Å². The molecule has 2 rings (SSSR count). The Morgan fingerprint density at radius 2 is 1.95 bits per heavy atom. The van der Waals surface area contributed by atoms with E-state index < -0.39 is 0 Å². The first kappa shape index (κ1) is 16.5. The summed E-state index contributed by atoms with van der Waals surface area (Å²) in [5.41, 5.74) is 1.99. The zero-order chi connectivity index (χ0) is 15.1. The molecule has 0 amide bonds. The number of aryl methyl sites for hydroxylation is 1. The third-order valence-corrected chi connectivity index (χ3v) is 5.37. The first-order valence-corrected chi connectivity index (χ1v) is 8.91. The Balaban J connectivity index is 1.89. The summed E-state index contributed by atoms with van der Waals surface area (Å²) in [5.74, 6) is 0.849. The fraction of sp³-hybridized carbons (Fsp3) is 0.700. The molecule has 1 aliphatic carbocycles. The molecule has 1 nitrogen and oxygen atoms in total. The van der Waals surface area contributed by atoms with Gasteiger partial charge in [0.2, 0.25) is 0 Å². The van der Waals surface area contributed by atoms with Crippen molar-refractivity contribution in [3.63, 3.8) is 0 Å². The van der Waals surface area contributed by atoms with Gasteiger partial charge < -0.3 is 5.32 Å². The molecular weight excluding hydrogens is 254 g/mol. The molecule has 1 heteroatoms. The Labute approximate surface area is 131 Å². The molecule has 1 N–H and O–H groups in total. The highest BCUT2D eigenvalue weighted by Gasteiger charge is 2.36. The highest BCUT2D eigenvalue weighted by molar-refractivity contribution is 5.14. The average molecular weight is 287 g/mol. The molecule has 21 heavy (non-hydrogen) atoms. The van der Waals surface area contributed by atoms with Crippen molar-refractivity contribution in [2.45, 2.75) is 71.8 Å². The summed E-state index contributed by atoms with van der Waals surface area (Å²) in [5, 5.41) is 3.79. The molecule has 0 bridgehead atoms. The lowest BCUT2D eigenvalue weighted by atomic mass is 9.65. The lowest BCUT2D eigenvalue weighted by Gasteiger charge is -2.43. The zero-order valence-electron chi connectivity index (χ0n) is 14.2. The van der Waals surface area contributed by atoms with Gasteiger partial charge in [0.05, 0.1) is 0 Å². The molecule has 1 saturated carbocycles. The third-order valence-electron chi connectivity index (χ3n) is 5.37. The fourth-order valence-electron chi connectivity index (χ4n) is 4.15. The number of benzene rings is 1. The summed E-state index contributed by atoms with van der Waals surface area (Å²) in [6.45, 7) is 8.32. The normalized spacial score (nSPS) is 22.9. The first-order chi connectivity index (χ1) is 10.1. The molecule has 0 aromatic heterocycles. The van der Waals surface area contributed by atoms with Gasteiger partial charge in [0.15, 0.2) is 0 Å². The monoisotopic (exact) mass is 287 g/mol. The summed E-state index contributed by atoms with van der Waals surface area (Å²) < 4.78 is 0. The number of hydrogen-bond acceptors (Lipinski definition) is 1. The van der Waals surface area contributed by atoms with Gasteiger partial charge in [-0.1, -0.05) is 63.9 Å². The molecule has 0 aliphatic heterocycles. The highest BCUT2D eigenvalue weighted by atomic mass is 14.9. The van der Waals surface area contributed by atoms with E-state index in [2.05, 4.69) is 56.4 Å². The molecule has 0 heterocycles. The van der Waals surface area contributed by atoms with E-state index in [4.69, 9.17) is 0 Å². The molecule has 1 fully saturated rings. The van der Waals surface area contributed by atoms with E-state index in [-0.39, 0.29) is 0 Å². The van der Waals surface area contributed by atoms with Gasteiger partial charge in [-0.3, -0.25) is 0 Å². The van der Waals surface area contributed by atoms with Gasteiger partial charge >= 0.3 is 0 Å². The number of rotatable bonds is 7. The SMILES string of the molecule is CCNC(CCCc1ccccc1)C1CCCCC1(C)C. The van der Waals surface area contributed by atoms with E-state index in [1.165, 1.54) is 50.5 Å². The van der Waals surface area contributed by atoms with Crippen molar-refractivity contribution >= 4 is 0 Å². The summed E-state index contributed by atoms with van der Waals surface area (Å²) >= 11 is 0. The van der Waals surface area contributed by atoms with Gasteiger partial charge in [0.25, 0.3) is 0 Å². The van der Waals surface area contributed by atoms with E-state index in [0.29, 0.717) is 11.5 Å². The average Bonchev–Trinajstić information content (AvgIpc) is 2.47. The van der Waals surface area contributed by atoms with E-state index in [9.17, 15) is 0 Å². The van der Waals surface area contributed by atoms with Gasteiger partial charge in [0, 0.05) is 6.04 Å². The Morgan fingerprint density at radius 1 is 1.19 bits per heavy atom. The van der Waals surface area contributed by atoms with Crippen molar-refractivity contribution in [1.82, 2.24) is 5.32 Å². The minimum Gasteiger partial charge on any atom is -0.314 e. The molecule has 1 aromatic carbocycles. The Kier molecular flexibility index (Phi) is 6.29. The lowest BCUT2D eigenvalue weighted by molar-refractivity contribution is 0.0945. The van der Waals surface area contributed by atoms with Crippen LogP contribution in [0.15, 0.2) is 30.3 Å². The second-order valence-electron chi connectivity index (χ2n) is 7.38. The first-order valence-electron chi connectivity index (χ1n) is 8.91. The lowest BCUT2D eigenvalue weighted by Crippen LogP contribution is -2.44. The zero-order valence-corrected chi connectivity index (χ0v) is 14.2. The molecule has 2 unspecified atom stereocenters. The second-order valence-corrected chi connectivity index (χ2v) is 7.38. The predicted molar refractivity (Wildman–Crippen MR) is 92.6 cm³/mol. The van der Waals surface area contributed by atoms with Crippen LogP contribution in [0, 0.1) is 11.3 Å². The van der Waals surface area contributed by atoms with Crippen LogP contribution < -0.4 is 5.32 Å². The van der Waals surface area contributed by atoms with Crippen molar-refractivity contribution in [1.29, 1.82) is 0 Å². The van der Waals surface area contributed by atoms with Crippen molar-refractivity contribution in [3.8, 4) is 0 Å². The van der Waals surface area contributed by atoms with Crippen LogP contribution in [0.2, 0.25) is 0 Å². The van der Waals surface area contributed by atoms with E-state index >= 15 is 0 Å². The van der Waals surface area contributed by atoms with Crippen LogP contribution in [0.1, 0.15) is 64.9 Å². The molecule has 1 aromatic rings. The van der Waals surface area contributed by atoms with Gasteiger partial charge in [0.1, 0.15) is 0 Å². The van der Waals surface area contributed by atoms with Crippen molar-refractivity contribution in [3.05, 3.63) is 35.9 Å². The third kappa shape index (κ3) is 4.85. The van der Waals surface area contributed by atoms with Crippen molar-refractivity contribution in [2.24, 2.45) is 11.3 Å². The standard InChI is InChI=1S/C20H33N/c1-4-21-19(18-14-8-9-16-20(18,2)3)15-10-13-17-11-6-5-7-12-17/h5-7,11-12,18-19,21H,4,8-10,13-16H2,1-3H3. The Morgan fingerprint density at radius 3 is 2.62 bits per heavy atom. The Bertz CT molecular complexity index is 396. The molecule has 0 spiro atoms. The van der Waals surface area contributed by atoms with Crippen LogP contribution in [0.3, 0.4) is 0 Å². The summed E-state index contributed by atoms with van der Waals surface area (Å²) in [4.78, 5) is 0. The van der Waals surface area contributed by atoms with Gasteiger partial charge in [-0.2, -0.15) is 0 Å². The number of hydrogen-bond donors (Lipinski definition) is 1. The van der Waals surface area contributed by atoms with Crippen LogP contribution in [0.25, 0.3) is 0 Å². The Hall–Kier alpha value is -0.820. The molecule has 0 saturated heterocycles. The van der Waals surface area contributed by atoms with E-state index in [1.54, 1.807) is 0 Å². The molecule has 1 aliphatic rings. The summed E-state index contributed by atoms with van der Waals surface area (Å²) in [6, 6.07) is 11.6. The summed E-state index contributed by atoms with van der Waals surface area (Å²) in [6.07, 6.45) is 9.50. The fourth-order valence-corrected chi connectivity index (χ4v) is 4.15. The number of nitrogens with one attached hydrogen (secondary N) is 1. The topological polar surface area (TPSA) is 12.0 Å². The minimum absolute atomic E-state index is 0.512. The van der Waals surface area contributed by atoms with Crippen LogP contribution in [0.4, 0.5) is 0 Å². The van der Waals surface area contributed by atoms with Crippen LogP contribution in [-0.4, -0.2) is 12.6 Å². The molecule has 2 atom stereocenters. The minimum atomic E-state index is 0.512. The predicted octanol–water partition coefficient (Wildman–Crippen LogP) is 5.20. The molecular formula is C20H33N. The van der Waals surface area contributed by atoms with Crippen molar-refractivity contribution < 1.29 is 0 Å². The summed E-state index contributed by atoms with van der Waals surface area (Å²) in [7, 11) is 0. The maximum absolute atomic E-state index is 3.79. The molecule has 118 valence electrons. The van der Waals surface area contributed by atoms with Gasteiger partial charge in [-0.15, -0.1) is 0 Å². The smallest absolute Gasteiger partial charge is 0.0100 e. The van der Waals surface area contributed by atoms with E-state index in [1.807, 2.05) is 0 Å². The van der Waals surface area contributed by atoms with Crippen LogP contribution in [0.5, 0.6) is 0 Å². The quantitative estimate of drug-likeness (QED) is 0.726. The van der Waals surface area contributed by atoms with Gasteiger partial charge in [-0.25, -0.2) is 0 Å². The van der Waals surface area contributed by atoms with Crippen molar-refractivity contribution in [2.75, 3.05) is 6.54 Å². The second kappa shape index (κ2) is 7.98.